The van der Waals surface area contributed by atoms with E-state index in [4.69, 9.17) is 9.84 Å². The average Bonchev–Trinajstić information content (AvgIpc) is 2.38. The second-order valence-corrected chi connectivity index (χ2v) is 4.00. The van der Waals surface area contributed by atoms with Crippen LogP contribution in [0.15, 0.2) is 24.3 Å². The van der Waals surface area contributed by atoms with E-state index in [-0.39, 0.29) is 31.2 Å². The number of rotatable bonds is 7. The number of carbonyl (C=O) groups excluding carboxylic acids is 1. The molecule has 0 radical (unpaired) electrons. The highest BCUT2D eigenvalue weighted by atomic mass is 16.6. The molecule has 0 aliphatic carbocycles. The van der Waals surface area contributed by atoms with Crippen LogP contribution in [-0.4, -0.2) is 42.3 Å². The van der Waals surface area contributed by atoms with E-state index in [9.17, 15) is 14.9 Å². The monoisotopic (exact) mass is 268 g/mol. The van der Waals surface area contributed by atoms with Gasteiger partial charge in [0.05, 0.1) is 30.6 Å². The van der Waals surface area contributed by atoms with E-state index < -0.39 is 11.0 Å². The third kappa shape index (κ3) is 5.02. The number of methoxy groups -OCH3 is 1. The Balaban J connectivity index is 2.54. The van der Waals surface area contributed by atoms with Gasteiger partial charge in [-0.25, -0.2) is 0 Å². The van der Waals surface area contributed by atoms with Gasteiger partial charge in [0.15, 0.2) is 0 Å². The number of nitrogens with one attached hydrogen (secondary N) is 1. The largest absolute Gasteiger partial charge is 0.394 e. The maximum atomic E-state index is 11.7. The zero-order valence-electron chi connectivity index (χ0n) is 10.5. The zero-order valence-corrected chi connectivity index (χ0v) is 10.5. The molecule has 0 saturated carbocycles. The Labute approximate surface area is 110 Å². The summed E-state index contributed by atoms with van der Waals surface area (Å²) in [7, 11) is 1.48. The molecule has 1 unspecified atom stereocenters. The van der Waals surface area contributed by atoms with Gasteiger partial charge in [-0.15, -0.1) is 0 Å². The molecule has 0 aliphatic rings. The van der Waals surface area contributed by atoms with Gasteiger partial charge in [-0.3, -0.25) is 14.9 Å². The Hall–Kier alpha value is -1.99. The summed E-state index contributed by atoms with van der Waals surface area (Å²) in [5.74, 6) is -0.273. The number of carbonyl (C=O) groups is 1. The first-order chi connectivity index (χ1) is 9.06. The third-order valence-electron chi connectivity index (χ3n) is 2.47. The summed E-state index contributed by atoms with van der Waals surface area (Å²) in [6.45, 7) is 0.0162. The van der Waals surface area contributed by atoms with Gasteiger partial charge < -0.3 is 15.2 Å². The summed E-state index contributed by atoms with van der Waals surface area (Å²) < 4.78 is 4.84. The number of aliphatic hydroxyl groups excluding tert-OH is 1. The summed E-state index contributed by atoms with van der Waals surface area (Å²) in [6.07, 6.45) is 0.0954. The van der Waals surface area contributed by atoms with Crippen molar-refractivity contribution in [3.8, 4) is 0 Å². The van der Waals surface area contributed by atoms with E-state index in [1.807, 2.05) is 0 Å². The van der Waals surface area contributed by atoms with E-state index in [1.54, 1.807) is 0 Å². The van der Waals surface area contributed by atoms with Gasteiger partial charge in [-0.1, -0.05) is 12.1 Å². The number of nitro benzene ring substituents is 1. The minimum Gasteiger partial charge on any atom is -0.394 e. The molecule has 1 atom stereocenters. The molecule has 1 rings (SSSR count). The molecule has 0 aromatic heterocycles. The fraction of sp³-hybridized carbons (Fsp3) is 0.417. The molecule has 1 aromatic carbocycles. The van der Waals surface area contributed by atoms with Crippen LogP contribution in [-0.2, 0) is 16.0 Å². The lowest BCUT2D eigenvalue weighted by atomic mass is 10.1. The number of hydrogen-bond acceptors (Lipinski definition) is 5. The number of hydrogen-bond donors (Lipinski definition) is 2. The van der Waals surface area contributed by atoms with Crippen molar-refractivity contribution in [3.63, 3.8) is 0 Å². The predicted octanol–water partition coefficient (Wildman–Crippen LogP) is 0.261. The van der Waals surface area contributed by atoms with Crippen LogP contribution in [0.5, 0.6) is 0 Å². The van der Waals surface area contributed by atoms with Gasteiger partial charge in [0, 0.05) is 19.2 Å². The van der Waals surface area contributed by atoms with E-state index in [1.165, 1.54) is 31.4 Å². The highest BCUT2D eigenvalue weighted by molar-refractivity contribution is 5.78. The number of nitro groups is 1. The molecule has 0 saturated heterocycles. The molecule has 7 nitrogen and oxygen atoms in total. The first kappa shape index (κ1) is 15.1. The topological polar surface area (TPSA) is 102 Å². The van der Waals surface area contributed by atoms with E-state index in [0.717, 1.165) is 0 Å². The third-order valence-corrected chi connectivity index (χ3v) is 2.47. The fourth-order valence-electron chi connectivity index (χ4n) is 1.54. The van der Waals surface area contributed by atoms with Crippen LogP contribution in [0.4, 0.5) is 5.69 Å². The minimum atomic E-state index is -0.496. The van der Waals surface area contributed by atoms with Crippen molar-refractivity contribution in [2.24, 2.45) is 0 Å². The van der Waals surface area contributed by atoms with E-state index in [2.05, 4.69) is 5.32 Å². The molecule has 1 aromatic rings. The van der Waals surface area contributed by atoms with Crippen LogP contribution in [0.3, 0.4) is 0 Å². The smallest absolute Gasteiger partial charge is 0.269 e. The summed E-state index contributed by atoms with van der Waals surface area (Å²) in [6, 6.07) is 5.31. The first-order valence-electron chi connectivity index (χ1n) is 5.69. The number of aliphatic hydroxyl groups is 1. The van der Waals surface area contributed by atoms with Crippen LogP contribution in [0.1, 0.15) is 5.56 Å². The second-order valence-electron chi connectivity index (χ2n) is 4.00. The average molecular weight is 268 g/mol. The molecule has 0 bridgehead atoms. The normalized spacial score (nSPS) is 11.9. The summed E-state index contributed by atoms with van der Waals surface area (Å²) in [5.41, 5.74) is 0.647. The summed E-state index contributed by atoms with van der Waals surface area (Å²) >= 11 is 0. The van der Waals surface area contributed by atoms with Crippen molar-refractivity contribution in [1.82, 2.24) is 5.32 Å². The number of benzene rings is 1. The Bertz CT molecular complexity index is 432. The van der Waals surface area contributed by atoms with Gasteiger partial charge in [0.1, 0.15) is 0 Å². The van der Waals surface area contributed by atoms with Crippen LogP contribution in [0.2, 0.25) is 0 Å². The van der Waals surface area contributed by atoms with Gasteiger partial charge in [-0.2, -0.15) is 0 Å². The second kappa shape index (κ2) is 7.45. The number of nitrogens with zero attached hydrogens (tertiary/aromatic N) is 1. The van der Waals surface area contributed by atoms with Crippen molar-refractivity contribution in [1.29, 1.82) is 0 Å². The zero-order chi connectivity index (χ0) is 14.3. The van der Waals surface area contributed by atoms with Crippen molar-refractivity contribution < 1.29 is 19.6 Å². The lowest BCUT2D eigenvalue weighted by Crippen LogP contribution is -2.41. The minimum absolute atomic E-state index is 0.0169. The lowest BCUT2D eigenvalue weighted by molar-refractivity contribution is -0.384. The van der Waals surface area contributed by atoms with Gasteiger partial charge in [-0.05, 0) is 5.56 Å². The maximum absolute atomic E-state index is 11.7. The Kier molecular flexibility index (Phi) is 5.91. The first-order valence-corrected chi connectivity index (χ1v) is 5.69. The molecule has 0 spiro atoms. The van der Waals surface area contributed by atoms with E-state index in [0.29, 0.717) is 5.56 Å². The number of non-ortho nitro benzene ring substituents is 1. The Morgan fingerprint density at radius 3 is 2.58 bits per heavy atom. The molecule has 19 heavy (non-hydrogen) atoms. The number of ether oxygens (including phenoxy) is 1. The number of amides is 1. The predicted molar refractivity (Wildman–Crippen MR) is 67.7 cm³/mol. The molecule has 2 N–H and O–H groups in total. The van der Waals surface area contributed by atoms with Crippen LogP contribution < -0.4 is 5.32 Å². The van der Waals surface area contributed by atoms with Crippen molar-refractivity contribution in [2.75, 3.05) is 20.3 Å². The van der Waals surface area contributed by atoms with Gasteiger partial charge >= 0.3 is 0 Å². The standard InChI is InChI=1S/C12H16N2O5/c1-19-8-10(7-15)13-12(16)6-9-2-4-11(5-3-9)14(17)18/h2-5,10,15H,6-8H2,1H3,(H,13,16). The summed E-state index contributed by atoms with van der Waals surface area (Å²) in [5, 5.41) is 22.1. The van der Waals surface area contributed by atoms with Crippen LogP contribution in [0.25, 0.3) is 0 Å². The van der Waals surface area contributed by atoms with Gasteiger partial charge in [0.2, 0.25) is 5.91 Å². The molecule has 7 heteroatoms. The molecule has 0 heterocycles. The van der Waals surface area contributed by atoms with E-state index >= 15 is 0 Å². The highest BCUT2D eigenvalue weighted by Gasteiger charge is 2.12. The van der Waals surface area contributed by atoms with Crippen molar-refractivity contribution in [3.05, 3.63) is 39.9 Å². The molecule has 104 valence electrons. The molecule has 1 amide bonds. The lowest BCUT2D eigenvalue weighted by Gasteiger charge is -2.15. The fourth-order valence-corrected chi connectivity index (χ4v) is 1.54. The molecular formula is C12H16N2O5. The molecular weight excluding hydrogens is 252 g/mol. The van der Waals surface area contributed by atoms with Crippen LogP contribution in [0, 0.1) is 10.1 Å². The quantitative estimate of drug-likeness (QED) is 0.545. The Morgan fingerprint density at radius 1 is 1.47 bits per heavy atom. The van der Waals surface area contributed by atoms with Crippen LogP contribution >= 0.6 is 0 Å². The summed E-state index contributed by atoms with van der Waals surface area (Å²) in [4.78, 5) is 21.6. The van der Waals surface area contributed by atoms with Crippen molar-refractivity contribution >= 4 is 11.6 Å². The molecule has 0 fully saturated rings. The molecule has 0 aliphatic heterocycles. The highest BCUT2D eigenvalue weighted by Crippen LogP contribution is 2.12. The Morgan fingerprint density at radius 2 is 2.11 bits per heavy atom. The van der Waals surface area contributed by atoms with Crippen molar-refractivity contribution in [2.45, 2.75) is 12.5 Å². The maximum Gasteiger partial charge on any atom is 0.269 e. The SMILES string of the molecule is COCC(CO)NC(=O)Cc1ccc([N+](=O)[O-])cc1. The van der Waals surface area contributed by atoms with Gasteiger partial charge in [0.25, 0.3) is 5.69 Å².